The van der Waals surface area contributed by atoms with Gasteiger partial charge in [0, 0.05) is 18.2 Å². The normalized spacial score (nSPS) is 26.2. The summed E-state index contributed by atoms with van der Waals surface area (Å²) in [6.45, 7) is 1.63. The number of nitro benzene ring substituents is 1. The van der Waals surface area contributed by atoms with Crippen molar-refractivity contribution < 1.29 is 18.8 Å². The lowest BCUT2D eigenvalue weighted by atomic mass is 9.84. The highest BCUT2D eigenvalue weighted by molar-refractivity contribution is 5.78. The van der Waals surface area contributed by atoms with E-state index < -0.39 is 10.7 Å². The highest BCUT2D eigenvalue weighted by Crippen LogP contribution is 2.49. The Kier molecular flexibility index (Phi) is 4.69. The van der Waals surface area contributed by atoms with Crippen molar-refractivity contribution in [3.05, 3.63) is 34.1 Å². The SMILES string of the molecule is CC(NC(=O)COc1cc(F)ccc1[N+](=O)[O-])C1CC2CCC1C2. The maximum atomic E-state index is 13.2. The number of amides is 1. The number of fused-ring (bicyclic) bond motifs is 2. The third-order valence-corrected chi connectivity index (χ3v) is 5.30. The van der Waals surface area contributed by atoms with Gasteiger partial charge in [0.2, 0.25) is 5.75 Å². The molecule has 3 rings (SSSR count). The Hall–Kier alpha value is -2.18. The summed E-state index contributed by atoms with van der Waals surface area (Å²) in [7, 11) is 0. The number of ether oxygens (including phenoxy) is 1. The molecule has 1 N–H and O–H groups in total. The molecule has 1 aromatic carbocycles. The van der Waals surface area contributed by atoms with Crippen molar-refractivity contribution in [3.8, 4) is 5.75 Å². The van der Waals surface area contributed by atoms with E-state index in [1.165, 1.54) is 19.3 Å². The van der Waals surface area contributed by atoms with Crippen LogP contribution in [0.3, 0.4) is 0 Å². The van der Waals surface area contributed by atoms with Gasteiger partial charge in [-0.2, -0.15) is 0 Å². The average Bonchev–Trinajstić information content (AvgIpc) is 3.15. The molecular weight excluding hydrogens is 315 g/mol. The number of hydrogen-bond donors (Lipinski definition) is 1. The molecule has 4 atom stereocenters. The van der Waals surface area contributed by atoms with E-state index in [4.69, 9.17) is 4.74 Å². The van der Waals surface area contributed by atoms with E-state index in [1.54, 1.807) is 0 Å². The smallest absolute Gasteiger partial charge is 0.311 e. The number of nitrogens with one attached hydrogen (secondary N) is 1. The number of halogens is 1. The summed E-state index contributed by atoms with van der Waals surface area (Å²) < 4.78 is 18.4. The number of nitro groups is 1. The topological polar surface area (TPSA) is 81.5 Å². The largest absolute Gasteiger partial charge is 0.477 e. The van der Waals surface area contributed by atoms with Gasteiger partial charge < -0.3 is 10.1 Å². The van der Waals surface area contributed by atoms with Gasteiger partial charge in [0.25, 0.3) is 5.91 Å². The molecule has 130 valence electrons. The summed E-state index contributed by atoms with van der Waals surface area (Å²) >= 11 is 0. The molecule has 0 aromatic heterocycles. The standard InChI is InChI=1S/C17H21FN2O4/c1-10(14-7-11-2-3-12(14)6-11)19-17(21)9-24-16-8-13(18)4-5-15(16)20(22)23/h4-5,8,10-12,14H,2-3,6-7,9H2,1H3,(H,19,21). The lowest BCUT2D eigenvalue weighted by Crippen LogP contribution is -2.42. The van der Waals surface area contributed by atoms with Gasteiger partial charge in [-0.25, -0.2) is 4.39 Å². The Morgan fingerprint density at radius 3 is 2.88 bits per heavy atom. The Morgan fingerprint density at radius 1 is 1.46 bits per heavy atom. The molecule has 1 amide bonds. The third kappa shape index (κ3) is 3.49. The second-order valence-electron chi connectivity index (χ2n) is 6.85. The van der Waals surface area contributed by atoms with E-state index in [1.807, 2.05) is 6.92 Å². The number of nitrogens with zero attached hydrogens (tertiary/aromatic N) is 1. The van der Waals surface area contributed by atoms with E-state index in [0.717, 1.165) is 30.5 Å². The summed E-state index contributed by atoms with van der Waals surface area (Å²) in [5, 5.41) is 13.8. The lowest BCUT2D eigenvalue weighted by molar-refractivity contribution is -0.385. The highest BCUT2D eigenvalue weighted by atomic mass is 19.1. The van der Waals surface area contributed by atoms with E-state index >= 15 is 0 Å². The fraction of sp³-hybridized carbons (Fsp3) is 0.588. The van der Waals surface area contributed by atoms with Gasteiger partial charge in [-0.15, -0.1) is 0 Å². The van der Waals surface area contributed by atoms with Crippen molar-refractivity contribution in [2.24, 2.45) is 17.8 Å². The molecule has 6 nitrogen and oxygen atoms in total. The molecule has 0 spiro atoms. The van der Waals surface area contributed by atoms with Crippen LogP contribution in [0.15, 0.2) is 18.2 Å². The second-order valence-corrected chi connectivity index (χ2v) is 6.85. The zero-order valence-corrected chi connectivity index (χ0v) is 13.5. The molecule has 4 unspecified atom stereocenters. The van der Waals surface area contributed by atoms with Crippen LogP contribution in [0.1, 0.15) is 32.6 Å². The van der Waals surface area contributed by atoms with Crippen LogP contribution in [0.25, 0.3) is 0 Å². The van der Waals surface area contributed by atoms with Crippen LogP contribution in [0.2, 0.25) is 0 Å². The quantitative estimate of drug-likeness (QED) is 0.639. The van der Waals surface area contributed by atoms with Crippen molar-refractivity contribution in [3.63, 3.8) is 0 Å². The molecule has 24 heavy (non-hydrogen) atoms. The van der Waals surface area contributed by atoms with Crippen LogP contribution in [0, 0.1) is 33.7 Å². The zero-order chi connectivity index (χ0) is 17.3. The van der Waals surface area contributed by atoms with Crippen molar-refractivity contribution in [1.82, 2.24) is 5.32 Å². The molecule has 2 aliphatic carbocycles. The van der Waals surface area contributed by atoms with Crippen molar-refractivity contribution in [2.75, 3.05) is 6.61 Å². The third-order valence-electron chi connectivity index (χ3n) is 5.30. The molecule has 2 saturated carbocycles. The number of carbonyl (C=O) groups excluding carboxylic acids is 1. The first-order chi connectivity index (χ1) is 11.4. The first-order valence-corrected chi connectivity index (χ1v) is 8.30. The number of carbonyl (C=O) groups is 1. The summed E-state index contributed by atoms with van der Waals surface area (Å²) in [5.74, 6) is 0.759. The van der Waals surface area contributed by atoms with Crippen molar-refractivity contribution >= 4 is 11.6 Å². The highest BCUT2D eigenvalue weighted by Gasteiger charge is 2.42. The minimum absolute atomic E-state index is 0.0545. The van der Waals surface area contributed by atoms with Crippen LogP contribution in [0.5, 0.6) is 5.75 Å². The molecule has 2 bridgehead atoms. The Bertz CT molecular complexity index is 651. The number of hydrogen-bond acceptors (Lipinski definition) is 4. The summed E-state index contributed by atoms with van der Waals surface area (Å²) in [6, 6.07) is 2.99. The van der Waals surface area contributed by atoms with Gasteiger partial charge in [0.15, 0.2) is 6.61 Å². The van der Waals surface area contributed by atoms with Crippen molar-refractivity contribution in [2.45, 2.75) is 38.6 Å². The molecule has 7 heteroatoms. The number of benzene rings is 1. The first-order valence-electron chi connectivity index (χ1n) is 8.30. The Labute approximate surface area is 139 Å². The molecule has 0 radical (unpaired) electrons. The molecule has 0 saturated heterocycles. The lowest BCUT2D eigenvalue weighted by Gasteiger charge is -2.28. The fourth-order valence-electron chi connectivity index (χ4n) is 4.21. The molecule has 2 aliphatic rings. The van der Waals surface area contributed by atoms with Crippen LogP contribution in [-0.2, 0) is 4.79 Å². The monoisotopic (exact) mass is 336 g/mol. The molecule has 2 fully saturated rings. The molecule has 0 aliphatic heterocycles. The van der Waals surface area contributed by atoms with Gasteiger partial charge in [-0.3, -0.25) is 14.9 Å². The van der Waals surface area contributed by atoms with Gasteiger partial charge in [-0.05, 0) is 50.0 Å². The summed E-state index contributed by atoms with van der Waals surface area (Å²) in [5.41, 5.74) is -0.356. The van der Waals surface area contributed by atoms with Crippen LogP contribution >= 0.6 is 0 Å². The van der Waals surface area contributed by atoms with Gasteiger partial charge in [-0.1, -0.05) is 6.42 Å². The second kappa shape index (κ2) is 6.75. The van der Waals surface area contributed by atoms with Gasteiger partial charge in [0.1, 0.15) is 5.82 Å². The minimum Gasteiger partial charge on any atom is -0.477 e. The van der Waals surface area contributed by atoms with Crippen LogP contribution in [-0.4, -0.2) is 23.5 Å². The van der Waals surface area contributed by atoms with E-state index in [-0.39, 0.29) is 30.0 Å². The zero-order valence-electron chi connectivity index (χ0n) is 13.5. The predicted octanol–water partition coefficient (Wildman–Crippen LogP) is 3.05. The minimum atomic E-state index is -0.662. The molecular formula is C17H21FN2O4. The summed E-state index contributed by atoms with van der Waals surface area (Å²) in [4.78, 5) is 22.3. The Balaban J connectivity index is 1.54. The Morgan fingerprint density at radius 2 is 2.25 bits per heavy atom. The average molecular weight is 336 g/mol. The number of rotatable bonds is 6. The van der Waals surface area contributed by atoms with Crippen LogP contribution < -0.4 is 10.1 Å². The fourth-order valence-corrected chi connectivity index (χ4v) is 4.21. The first kappa shape index (κ1) is 16.7. The van der Waals surface area contributed by atoms with Gasteiger partial charge in [0.05, 0.1) is 4.92 Å². The van der Waals surface area contributed by atoms with E-state index in [2.05, 4.69) is 5.32 Å². The summed E-state index contributed by atoms with van der Waals surface area (Å²) in [6.07, 6.45) is 4.95. The van der Waals surface area contributed by atoms with Crippen LogP contribution in [0.4, 0.5) is 10.1 Å². The molecule has 0 heterocycles. The van der Waals surface area contributed by atoms with Crippen molar-refractivity contribution in [1.29, 1.82) is 0 Å². The maximum absolute atomic E-state index is 13.2. The van der Waals surface area contributed by atoms with E-state index in [0.29, 0.717) is 11.8 Å². The predicted molar refractivity (Wildman–Crippen MR) is 85.1 cm³/mol. The van der Waals surface area contributed by atoms with Gasteiger partial charge >= 0.3 is 5.69 Å². The maximum Gasteiger partial charge on any atom is 0.311 e. The molecule has 1 aromatic rings. The van der Waals surface area contributed by atoms with E-state index in [9.17, 15) is 19.3 Å².